The second kappa shape index (κ2) is 4.18. The molecular weight excluding hydrogens is 202 g/mol. The molecule has 1 aromatic heterocycles. The molecule has 2 aromatic rings. The molecule has 0 radical (unpaired) electrons. The Hall–Kier alpha value is -2.10. The number of phenolic OH excluding ortho intramolecular Hbond substituents is 1. The molecule has 0 amide bonds. The summed E-state index contributed by atoms with van der Waals surface area (Å²) in [6.07, 6.45) is 1.75. The first-order valence-corrected chi connectivity index (χ1v) is 5.01. The average molecular weight is 215 g/mol. The van der Waals surface area contributed by atoms with E-state index in [2.05, 4.69) is 15.3 Å². The minimum Gasteiger partial charge on any atom is -0.508 e. The summed E-state index contributed by atoms with van der Waals surface area (Å²) in [5.41, 5.74) is 2.67. The molecule has 0 unspecified atom stereocenters. The maximum atomic E-state index is 9.16. The van der Waals surface area contributed by atoms with Crippen molar-refractivity contribution < 1.29 is 5.11 Å². The van der Waals surface area contributed by atoms with E-state index in [9.17, 15) is 0 Å². The third kappa shape index (κ3) is 2.28. The Morgan fingerprint density at radius 3 is 2.44 bits per heavy atom. The van der Waals surface area contributed by atoms with Crippen LogP contribution < -0.4 is 5.32 Å². The number of benzene rings is 1. The summed E-state index contributed by atoms with van der Waals surface area (Å²) in [6.45, 7) is 3.79. The van der Waals surface area contributed by atoms with Crippen LogP contribution in [0.3, 0.4) is 0 Å². The Labute approximate surface area is 94.0 Å². The minimum absolute atomic E-state index is 0.252. The summed E-state index contributed by atoms with van der Waals surface area (Å²) in [6, 6.07) is 6.86. The maximum absolute atomic E-state index is 9.16. The fraction of sp³-hybridized carbons (Fsp3) is 0.167. The predicted octanol–water partition coefficient (Wildman–Crippen LogP) is 2.54. The summed E-state index contributed by atoms with van der Waals surface area (Å²) in [5, 5.41) is 12.4. The molecule has 0 saturated heterocycles. The van der Waals surface area contributed by atoms with Gasteiger partial charge in [0.1, 0.15) is 11.6 Å². The summed E-state index contributed by atoms with van der Waals surface area (Å²) in [4.78, 5) is 8.39. The highest BCUT2D eigenvalue weighted by molar-refractivity contribution is 5.61. The standard InChI is InChI=1S/C12H13N3O/c1-8-12(7-13-9(2)14-8)15-10-3-5-11(16)6-4-10/h3-7,15-16H,1-2H3. The van der Waals surface area contributed by atoms with E-state index in [1.165, 1.54) is 0 Å². The van der Waals surface area contributed by atoms with Crippen LogP contribution in [0, 0.1) is 13.8 Å². The first-order chi connectivity index (χ1) is 7.65. The number of hydrogen-bond donors (Lipinski definition) is 2. The number of hydrogen-bond acceptors (Lipinski definition) is 4. The van der Waals surface area contributed by atoms with Crippen molar-refractivity contribution in [2.24, 2.45) is 0 Å². The first kappa shape index (κ1) is 10.4. The lowest BCUT2D eigenvalue weighted by molar-refractivity contribution is 0.475. The van der Waals surface area contributed by atoms with Gasteiger partial charge in [-0.2, -0.15) is 0 Å². The van der Waals surface area contributed by atoms with Gasteiger partial charge in [0.25, 0.3) is 0 Å². The van der Waals surface area contributed by atoms with E-state index >= 15 is 0 Å². The van der Waals surface area contributed by atoms with E-state index in [-0.39, 0.29) is 5.75 Å². The van der Waals surface area contributed by atoms with Gasteiger partial charge >= 0.3 is 0 Å². The lowest BCUT2D eigenvalue weighted by Gasteiger charge is -2.08. The van der Waals surface area contributed by atoms with Crippen LogP contribution in [0.1, 0.15) is 11.5 Å². The highest BCUT2D eigenvalue weighted by Crippen LogP contribution is 2.20. The highest BCUT2D eigenvalue weighted by Gasteiger charge is 2.01. The Balaban J connectivity index is 2.23. The molecule has 1 aromatic carbocycles. The number of aryl methyl sites for hydroxylation is 2. The van der Waals surface area contributed by atoms with Crippen molar-refractivity contribution in [1.82, 2.24) is 9.97 Å². The number of phenols is 1. The molecule has 1 heterocycles. The molecule has 0 aliphatic rings. The second-order valence-electron chi connectivity index (χ2n) is 3.59. The van der Waals surface area contributed by atoms with Crippen molar-refractivity contribution >= 4 is 11.4 Å². The Morgan fingerprint density at radius 1 is 1.12 bits per heavy atom. The van der Waals surface area contributed by atoms with Crippen molar-refractivity contribution in [3.8, 4) is 5.75 Å². The molecule has 0 aliphatic carbocycles. The van der Waals surface area contributed by atoms with Crippen LogP contribution in [-0.4, -0.2) is 15.1 Å². The molecule has 0 aliphatic heterocycles. The van der Waals surface area contributed by atoms with Crippen LogP contribution in [0.25, 0.3) is 0 Å². The summed E-state index contributed by atoms with van der Waals surface area (Å²) in [5.74, 6) is 1.01. The third-order valence-electron chi connectivity index (χ3n) is 2.25. The molecule has 0 spiro atoms. The highest BCUT2D eigenvalue weighted by atomic mass is 16.3. The maximum Gasteiger partial charge on any atom is 0.125 e. The SMILES string of the molecule is Cc1ncc(Nc2ccc(O)cc2)c(C)n1. The molecule has 2 N–H and O–H groups in total. The number of aromatic hydroxyl groups is 1. The Morgan fingerprint density at radius 2 is 1.81 bits per heavy atom. The van der Waals surface area contributed by atoms with Gasteiger partial charge < -0.3 is 10.4 Å². The summed E-state index contributed by atoms with van der Waals surface area (Å²) < 4.78 is 0. The van der Waals surface area contributed by atoms with Gasteiger partial charge in [-0.3, -0.25) is 0 Å². The predicted molar refractivity (Wildman–Crippen MR) is 62.9 cm³/mol. The van der Waals surface area contributed by atoms with E-state index in [0.717, 1.165) is 22.9 Å². The van der Waals surface area contributed by atoms with E-state index < -0.39 is 0 Å². The van der Waals surface area contributed by atoms with Crippen molar-refractivity contribution in [3.05, 3.63) is 42.0 Å². The van der Waals surface area contributed by atoms with Crippen molar-refractivity contribution in [2.45, 2.75) is 13.8 Å². The topological polar surface area (TPSA) is 58.0 Å². The number of nitrogens with one attached hydrogen (secondary N) is 1. The van der Waals surface area contributed by atoms with Crippen LogP contribution in [0.4, 0.5) is 11.4 Å². The zero-order valence-corrected chi connectivity index (χ0v) is 9.23. The molecule has 0 atom stereocenters. The van der Waals surface area contributed by atoms with E-state index in [1.54, 1.807) is 30.5 Å². The zero-order valence-electron chi connectivity index (χ0n) is 9.23. The van der Waals surface area contributed by atoms with Gasteiger partial charge in [-0.05, 0) is 38.1 Å². The van der Waals surface area contributed by atoms with Gasteiger partial charge in [0.15, 0.2) is 0 Å². The van der Waals surface area contributed by atoms with E-state index in [4.69, 9.17) is 5.11 Å². The van der Waals surface area contributed by atoms with Crippen LogP contribution in [-0.2, 0) is 0 Å². The summed E-state index contributed by atoms with van der Waals surface area (Å²) >= 11 is 0. The number of aromatic nitrogens is 2. The first-order valence-electron chi connectivity index (χ1n) is 5.01. The lowest BCUT2D eigenvalue weighted by atomic mass is 10.3. The van der Waals surface area contributed by atoms with Crippen molar-refractivity contribution in [2.75, 3.05) is 5.32 Å². The van der Waals surface area contributed by atoms with Crippen LogP contribution in [0.5, 0.6) is 5.75 Å². The molecule has 0 bridgehead atoms. The van der Waals surface area contributed by atoms with Crippen molar-refractivity contribution in [3.63, 3.8) is 0 Å². The van der Waals surface area contributed by atoms with Crippen LogP contribution in [0.2, 0.25) is 0 Å². The van der Waals surface area contributed by atoms with Gasteiger partial charge in [0.2, 0.25) is 0 Å². The molecule has 0 fully saturated rings. The minimum atomic E-state index is 0.252. The van der Waals surface area contributed by atoms with Gasteiger partial charge in [-0.15, -0.1) is 0 Å². The molecule has 0 saturated carbocycles. The van der Waals surface area contributed by atoms with Gasteiger partial charge in [-0.25, -0.2) is 9.97 Å². The molecule has 4 heteroatoms. The fourth-order valence-electron chi connectivity index (χ4n) is 1.41. The quantitative estimate of drug-likeness (QED) is 0.756. The number of rotatable bonds is 2. The van der Waals surface area contributed by atoms with E-state index in [1.807, 2.05) is 13.8 Å². The van der Waals surface area contributed by atoms with Gasteiger partial charge in [-0.1, -0.05) is 0 Å². The zero-order chi connectivity index (χ0) is 11.5. The molecule has 16 heavy (non-hydrogen) atoms. The third-order valence-corrected chi connectivity index (χ3v) is 2.25. The van der Waals surface area contributed by atoms with E-state index in [0.29, 0.717) is 0 Å². The smallest absolute Gasteiger partial charge is 0.125 e. The monoisotopic (exact) mass is 215 g/mol. The number of nitrogens with zero attached hydrogens (tertiary/aromatic N) is 2. The molecular formula is C12H13N3O. The second-order valence-corrected chi connectivity index (χ2v) is 3.59. The normalized spacial score (nSPS) is 10.1. The van der Waals surface area contributed by atoms with Crippen LogP contribution in [0.15, 0.2) is 30.5 Å². The molecule has 4 nitrogen and oxygen atoms in total. The average Bonchev–Trinajstić information content (AvgIpc) is 2.25. The Bertz CT molecular complexity index is 494. The van der Waals surface area contributed by atoms with Crippen LogP contribution >= 0.6 is 0 Å². The lowest BCUT2D eigenvalue weighted by Crippen LogP contribution is -1.98. The van der Waals surface area contributed by atoms with Crippen molar-refractivity contribution in [1.29, 1.82) is 0 Å². The molecule has 2 rings (SSSR count). The van der Waals surface area contributed by atoms with Gasteiger partial charge in [0, 0.05) is 5.69 Å². The molecule has 82 valence electrons. The largest absolute Gasteiger partial charge is 0.508 e. The fourth-order valence-corrected chi connectivity index (χ4v) is 1.41. The number of anilines is 2. The van der Waals surface area contributed by atoms with Gasteiger partial charge in [0.05, 0.1) is 17.6 Å². The Kier molecular flexibility index (Phi) is 2.72. The summed E-state index contributed by atoms with van der Waals surface area (Å²) in [7, 11) is 0.